The monoisotopic (exact) mass is 387 g/mol. The minimum absolute atomic E-state index is 0.0412. The molecule has 0 aromatic rings. The molecule has 1 rings (SSSR count). The van der Waals surface area contributed by atoms with Gasteiger partial charge in [-0.2, -0.15) is 0 Å². The van der Waals surface area contributed by atoms with Crippen LogP contribution < -0.4 is 0 Å². The number of carboxylic acid groups (broad SMARTS) is 1. The van der Waals surface area contributed by atoms with Crippen molar-refractivity contribution in [2.75, 3.05) is 13.2 Å². The molecule has 0 aromatic heterocycles. The first-order chi connectivity index (χ1) is 12.5. The predicted molar refractivity (Wildman–Crippen MR) is 103 cm³/mol. The molecule has 0 radical (unpaired) electrons. The molecule has 27 heavy (non-hydrogen) atoms. The summed E-state index contributed by atoms with van der Waals surface area (Å²) in [5.41, 5.74) is -0.717. The van der Waals surface area contributed by atoms with E-state index in [4.69, 9.17) is 9.47 Å². The second-order valence-corrected chi connectivity index (χ2v) is 8.88. The van der Waals surface area contributed by atoms with Crippen molar-refractivity contribution in [1.82, 2.24) is 4.90 Å². The van der Waals surface area contributed by atoms with Crippen molar-refractivity contribution in [3.8, 4) is 0 Å². The van der Waals surface area contributed by atoms with Gasteiger partial charge in [-0.3, -0.25) is 4.90 Å². The van der Waals surface area contributed by atoms with Crippen LogP contribution in [0.2, 0.25) is 0 Å². The number of aliphatic hydroxyl groups is 1. The zero-order chi connectivity index (χ0) is 20.8. The quantitative estimate of drug-likeness (QED) is 0.679. The molecule has 0 aliphatic carbocycles. The van der Waals surface area contributed by atoms with Gasteiger partial charge in [0.05, 0.1) is 6.10 Å². The number of esters is 1. The summed E-state index contributed by atoms with van der Waals surface area (Å²) in [7, 11) is 0. The fourth-order valence-corrected chi connectivity index (χ4v) is 3.74. The molecule has 7 heteroatoms. The number of nitrogens with zero attached hydrogens (tertiary/aromatic N) is 1. The number of hydrogen-bond donors (Lipinski definition) is 2. The second-order valence-electron chi connectivity index (χ2n) is 8.88. The van der Waals surface area contributed by atoms with Gasteiger partial charge in [0.15, 0.2) is 0 Å². The second kappa shape index (κ2) is 10.3. The van der Waals surface area contributed by atoms with Gasteiger partial charge in [0.25, 0.3) is 0 Å². The molecule has 0 saturated carbocycles. The van der Waals surface area contributed by atoms with E-state index in [9.17, 15) is 19.8 Å². The highest BCUT2D eigenvalue weighted by atomic mass is 16.6. The first-order valence-corrected chi connectivity index (χ1v) is 9.94. The smallest absolute Gasteiger partial charge is 0.408 e. The number of hydrogen-bond acceptors (Lipinski definition) is 5. The maximum atomic E-state index is 12.8. The van der Waals surface area contributed by atoms with Crippen molar-refractivity contribution in [3.05, 3.63) is 0 Å². The third-order valence-corrected chi connectivity index (χ3v) is 4.92. The molecule has 158 valence electrons. The summed E-state index contributed by atoms with van der Waals surface area (Å²) >= 11 is 0. The van der Waals surface area contributed by atoms with Crippen molar-refractivity contribution < 1.29 is 29.3 Å². The van der Waals surface area contributed by atoms with Crippen LogP contribution in [0.25, 0.3) is 0 Å². The molecule has 2 N–H and O–H groups in total. The Morgan fingerprint density at radius 3 is 2.44 bits per heavy atom. The van der Waals surface area contributed by atoms with Gasteiger partial charge in [0, 0.05) is 18.8 Å². The van der Waals surface area contributed by atoms with Crippen LogP contribution in [0.1, 0.15) is 67.2 Å². The maximum absolute atomic E-state index is 12.8. The molecule has 0 spiro atoms. The Kier molecular flexibility index (Phi) is 9.02. The van der Waals surface area contributed by atoms with Crippen LogP contribution in [-0.4, -0.2) is 64.2 Å². The van der Waals surface area contributed by atoms with E-state index in [2.05, 4.69) is 13.8 Å². The van der Waals surface area contributed by atoms with Crippen LogP contribution >= 0.6 is 0 Å². The van der Waals surface area contributed by atoms with Crippen LogP contribution in [0.3, 0.4) is 0 Å². The van der Waals surface area contributed by atoms with Crippen LogP contribution in [0, 0.1) is 11.8 Å². The Hall–Kier alpha value is -1.34. The topological polar surface area (TPSA) is 96.3 Å². The van der Waals surface area contributed by atoms with Crippen LogP contribution in [0.5, 0.6) is 0 Å². The van der Waals surface area contributed by atoms with Crippen LogP contribution in [-0.2, 0) is 14.3 Å². The lowest BCUT2D eigenvalue weighted by molar-refractivity contribution is -0.166. The Labute approximate surface area is 163 Å². The van der Waals surface area contributed by atoms with E-state index in [1.165, 1.54) is 4.90 Å². The molecule has 0 unspecified atom stereocenters. The molecular weight excluding hydrogens is 350 g/mol. The van der Waals surface area contributed by atoms with Gasteiger partial charge in [-0.05, 0) is 58.8 Å². The van der Waals surface area contributed by atoms with E-state index in [0.29, 0.717) is 31.8 Å². The van der Waals surface area contributed by atoms with Crippen molar-refractivity contribution in [3.63, 3.8) is 0 Å². The standard InChI is InChI=1S/C20H37NO6/c1-13(2)12-26-17-14(3)27-18(23)16(9-7-8-15(17)10-11-22)21(19(24)25)20(4,5)6/h13-17,22H,7-12H2,1-6H3,(H,24,25)/t14-,15+,16-,17-/m0/s1. The Morgan fingerprint density at radius 2 is 1.96 bits per heavy atom. The number of cyclic esters (lactones) is 1. The predicted octanol–water partition coefficient (Wildman–Crippen LogP) is 3.29. The zero-order valence-electron chi connectivity index (χ0n) is 17.6. The highest BCUT2D eigenvalue weighted by molar-refractivity contribution is 5.81. The number of carbonyl (C=O) groups is 2. The average molecular weight is 388 g/mol. The molecule has 7 nitrogen and oxygen atoms in total. The molecule has 0 aromatic carbocycles. The van der Waals surface area contributed by atoms with E-state index < -0.39 is 29.7 Å². The van der Waals surface area contributed by atoms with Crippen LogP contribution in [0.15, 0.2) is 0 Å². The SMILES string of the molecule is CC(C)CO[C@@H]1[C@@H](CCO)CCC[C@H](N(C(=O)O)C(C)(C)C)C(=O)O[C@H]1C. The average Bonchev–Trinajstić information content (AvgIpc) is 2.55. The molecule has 0 bridgehead atoms. The third kappa shape index (κ3) is 6.96. The minimum atomic E-state index is -1.13. The Balaban J connectivity index is 3.09. The van der Waals surface area contributed by atoms with Gasteiger partial charge in [0.1, 0.15) is 12.1 Å². The van der Waals surface area contributed by atoms with E-state index in [-0.39, 0.29) is 18.6 Å². The lowest BCUT2D eigenvalue weighted by Gasteiger charge is -2.38. The molecule has 1 saturated heterocycles. The number of carbonyl (C=O) groups excluding carboxylic acids is 1. The van der Waals surface area contributed by atoms with E-state index in [1.807, 2.05) is 0 Å². The first-order valence-electron chi connectivity index (χ1n) is 9.94. The molecular formula is C20H37NO6. The molecule has 1 heterocycles. The molecule has 4 atom stereocenters. The third-order valence-electron chi connectivity index (χ3n) is 4.92. The summed E-state index contributed by atoms with van der Waals surface area (Å²) < 4.78 is 11.7. The lowest BCUT2D eigenvalue weighted by atomic mass is 9.89. The largest absolute Gasteiger partial charge is 0.465 e. The molecule has 1 aliphatic rings. The van der Waals surface area contributed by atoms with Gasteiger partial charge in [-0.15, -0.1) is 0 Å². The number of rotatable bonds is 6. The van der Waals surface area contributed by atoms with E-state index >= 15 is 0 Å². The van der Waals surface area contributed by atoms with Gasteiger partial charge < -0.3 is 19.7 Å². The highest BCUT2D eigenvalue weighted by Crippen LogP contribution is 2.30. The summed E-state index contributed by atoms with van der Waals surface area (Å²) in [4.78, 5) is 25.9. The molecule has 1 amide bonds. The van der Waals surface area contributed by atoms with Gasteiger partial charge in [-0.1, -0.05) is 20.3 Å². The van der Waals surface area contributed by atoms with Crippen LogP contribution in [0.4, 0.5) is 4.79 Å². The summed E-state index contributed by atoms with van der Waals surface area (Å²) in [5, 5.41) is 19.1. The molecule has 1 aliphatic heterocycles. The first kappa shape index (κ1) is 23.7. The van der Waals surface area contributed by atoms with E-state index in [1.54, 1.807) is 27.7 Å². The van der Waals surface area contributed by atoms with Gasteiger partial charge in [0.2, 0.25) is 0 Å². The maximum Gasteiger partial charge on any atom is 0.408 e. The highest BCUT2D eigenvalue weighted by Gasteiger charge is 2.41. The van der Waals surface area contributed by atoms with Crippen molar-refractivity contribution in [2.24, 2.45) is 11.8 Å². The Bertz CT molecular complexity index is 487. The van der Waals surface area contributed by atoms with Crippen molar-refractivity contribution in [2.45, 2.75) is 91.0 Å². The Morgan fingerprint density at radius 1 is 1.33 bits per heavy atom. The van der Waals surface area contributed by atoms with Crippen molar-refractivity contribution >= 4 is 12.1 Å². The fraction of sp³-hybridized carbons (Fsp3) is 0.900. The van der Waals surface area contributed by atoms with Crippen molar-refractivity contribution in [1.29, 1.82) is 0 Å². The van der Waals surface area contributed by atoms with E-state index in [0.717, 1.165) is 6.42 Å². The summed E-state index contributed by atoms with van der Waals surface area (Å²) in [6.07, 6.45) is 0.428. The minimum Gasteiger partial charge on any atom is -0.465 e. The summed E-state index contributed by atoms with van der Waals surface area (Å²) in [6.45, 7) is 11.8. The fourth-order valence-electron chi connectivity index (χ4n) is 3.74. The number of aliphatic hydroxyl groups excluding tert-OH is 1. The number of ether oxygens (including phenoxy) is 2. The normalized spacial score (nSPS) is 27.5. The number of amides is 1. The lowest BCUT2D eigenvalue weighted by Crippen LogP contribution is -2.55. The molecule has 1 fully saturated rings. The van der Waals surface area contributed by atoms with Gasteiger partial charge in [-0.25, -0.2) is 9.59 Å². The summed E-state index contributed by atoms with van der Waals surface area (Å²) in [5.74, 6) is -0.128. The van der Waals surface area contributed by atoms with Gasteiger partial charge >= 0.3 is 12.1 Å². The zero-order valence-corrected chi connectivity index (χ0v) is 17.6. The summed E-state index contributed by atoms with van der Waals surface area (Å²) in [6, 6.07) is -0.844.